The van der Waals surface area contributed by atoms with Crippen LogP contribution in [0.5, 0.6) is 5.75 Å². The van der Waals surface area contributed by atoms with Crippen molar-refractivity contribution in [2.45, 2.75) is 25.7 Å². The molecule has 5 rings (SSSR count). The van der Waals surface area contributed by atoms with Gasteiger partial charge in [-0.05, 0) is 72.5 Å². The van der Waals surface area contributed by atoms with Crippen LogP contribution in [0, 0.1) is 10.8 Å². The van der Waals surface area contributed by atoms with Crippen LogP contribution in [0.25, 0.3) is 10.8 Å². The minimum absolute atomic E-state index is 0. The first-order chi connectivity index (χ1) is 17.9. The van der Waals surface area contributed by atoms with Crippen molar-refractivity contribution in [2.24, 2.45) is 0 Å². The Bertz CT molecular complexity index is 1450. The van der Waals surface area contributed by atoms with E-state index < -0.39 is 0 Å². The van der Waals surface area contributed by atoms with E-state index in [1.807, 2.05) is 54.6 Å². The fraction of sp³-hybridized carbons (Fsp3) is 0.188. The van der Waals surface area contributed by atoms with Gasteiger partial charge in [-0.2, -0.15) is 0 Å². The quantitative estimate of drug-likeness (QED) is 0.174. The van der Waals surface area contributed by atoms with Crippen molar-refractivity contribution >= 4 is 28.6 Å². The van der Waals surface area contributed by atoms with Gasteiger partial charge in [-0.15, -0.1) is 0 Å². The summed E-state index contributed by atoms with van der Waals surface area (Å²) in [7, 11) is 1.71. The molecule has 1 unspecified atom stereocenters. The second kappa shape index (κ2) is 12.6. The summed E-state index contributed by atoms with van der Waals surface area (Å²) >= 11 is 0. The molecule has 0 aromatic heterocycles. The van der Waals surface area contributed by atoms with Crippen LogP contribution in [0.15, 0.2) is 103 Å². The van der Waals surface area contributed by atoms with E-state index in [2.05, 4.69) is 55.1 Å². The van der Waals surface area contributed by atoms with E-state index >= 15 is 0 Å². The zero-order valence-electron chi connectivity index (χ0n) is 21.9. The predicted octanol–water partition coefficient (Wildman–Crippen LogP) is 7.29. The van der Waals surface area contributed by atoms with Crippen LogP contribution < -0.4 is 9.64 Å². The number of rotatable bonds is 6. The number of fused-ring (bicyclic) bond motifs is 2. The van der Waals surface area contributed by atoms with E-state index in [9.17, 15) is 0 Å². The van der Waals surface area contributed by atoms with Gasteiger partial charge in [0, 0.05) is 51.9 Å². The van der Waals surface area contributed by atoms with Gasteiger partial charge in [-0.3, -0.25) is 5.41 Å². The van der Waals surface area contributed by atoms with E-state index in [0.29, 0.717) is 5.56 Å². The van der Waals surface area contributed by atoms with Gasteiger partial charge in [0.15, 0.2) is 0 Å². The Balaban J connectivity index is 0.000000242. The van der Waals surface area contributed by atoms with Crippen molar-refractivity contribution in [3.8, 4) is 5.75 Å². The number of aliphatic hydroxyl groups is 1. The van der Waals surface area contributed by atoms with E-state index in [1.54, 1.807) is 13.2 Å². The smallest absolute Gasteiger partial charge is 0.211 e. The Hall–Kier alpha value is -3.87. The van der Waals surface area contributed by atoms with Crippen molar-refractivity contribution < 1.29 is 26.6 Å². The molecule has 0 saturated carbocycles. The van der Waals surface area contributed by atoms with Crippen LogP contribution in [0.2, 0.25) is 0 Å². The van der Waals surface area contributed by atoms with E-state index in [0.717, 1.165) is 29.5 Å². The van der Waals surface area contributed by atoms with Crippen molar-refractivity contribution in [1.29, 1.82) is 10.8 Å². The molecule has 6 heteroatoms. The molecule has 0 bridgehead atoms. The first-order valence-electron chi connectivity index (χ1n) is 12.4. The summed E-state index contributed by atoms with van der Waals surface area (Å²) in [4.78, 5) is 2.31. The minimum atomic E-state index is -0.378. The molecule has 0 saturated heterocycles. The molecule has 4 aromatic carbocycles. The molecule has 0 amide bonds. The standard InChI is InChI=1S/C21H24N2O.C11H9NO.Co/c1-4-23-19-11-10-17(24-3)14-18(19)21(2,20(23)12-13-22)15-16-8-6-5-7-9-16;12-11(13)10-7-3-5-8-4-1-2-6-9(8)10;/h5-14,22H,4,15H2,1-3H3;1-7H,(H2,12,13);/b20-12-,22-13?;;. The average Bonchev–Trinajstić information content (AvgIpc) is 3.15. The van der Waals surface area contributed by atoms with Crippen LogP contribution in [0.1, 0.15) is 30.5 Å². The number of nitrogens with one attached hydrogen (secondary N) is 2. The third kappa shape index (κ3) is 5.66. The number of hydrogen-bond donors (Lipinski definition) is 3. The van der Waals surface area contributed by atoms with E-state index in [4.69, 9.17) is 20.7 Å². The molecule has 1 atom stereocenters. The zero-order valence-corrected chi connectivity index (χ0v) is 22.9. The van der Waals surface area contributed by atoms with E-state index in [-0.39, 0.29) is 28.1 Å². The molecule has 5 nitrogen and oxygen atoms in total. The average molecular weight is 551 g/mol. The third-order valence-corrected chi connectivity index (χ3v) is 6.95. The molecule has 0 aliphatic carbocycles. The van der Waals surface area contributed by atoms with Gasteiger partial charge in [-0.25, -0.2) is 0 Å². The molecule has 0 fully saturated rings. The SMILES string of the molecule is CCN1/C(=C\C=N)C(C)(Cc2ccccc2)c2cc(OC)ccc21.N=C(O)c1cccc2ccccc12.[Co]. The van der Waals surface area contributed by atoms with Crippen LogP contribution in [0.3, 0.4) is 0 Å². The minimum Gasteiger partial charge on any atom is -0.497 e. The largest absolute Gasteiger partial charge is 0.497 e. The van der Waals surface area contributed by atoms with Crippen molar-refractivity contribution in [3.05, 3.63) is 119 Å². The number of aliphatic hydroxyl groups excluding tert-OH is 1. The summed E-state index contributed by atoms with van der Waals surface area (Å²) in [5.41, 5.74) is 5.34. The van der Waals surface area contributed by atoms with Crippen LogP contribution in [-0.2, 0) is 28.6 Å². The number of allylic oxidation sites excluding steroid dienone is 2. The second-order valence-corrected chi connectivity index (χ2v) is 9.22. The molecular formula is C32H33CoN3O2. The zero-order chi connectivity index (χ0) is 26.4. The van der Waals surface area contributed by atoms with Crippen molar-refractivity contribution in [2.75, 3.05) is 18.6 Å². The maximum absolute atomic E-state index is 9.11. The Morgan fingerprint density at radius 3 is 2.32 bits per heavy atom. The topological polar surface area (TPSA) is 80.4 Å². The fourth-order valence-electron chi connectivity index (χ4n) is 5.20. The first kappa shape index (κ1) is 28.7. The van der Waals surface area contributed by atoms with E-state index in [1.165, 1.54) is 28.7 Å². The van der Waals surface area contributed by atoms with Gasteiger partial charge in [0.05, 0.1) is 7.11 Å². The Kier molecular flexibility index (Phi) is 9.50. The summed E-state index contributed by atoms with van der Waals surface area (Å²) in [6.45, 7) is 5.30. The molecule has 1 radical (unpaired) electrons. The Labute approximate surface area is 235 Å². The van der Waals surface area contributed by atoms with Gasteiger partial charge < -0.3 is 20.2 Å². The second-order valence-electron chi connectivity index (χ2n) is 9.22. The predicted molar refractivity (Wildman–Crippen MR) is 154 cm³/mol. The molecule has 1 aliphatic heterocycles. The number of methoxy groups -OCH3 is 1. The van der Waals surface area contributed by atoms with Gasteiger partial charge >= 0.3 is 0 Å². The number of anilines is 1. The first-order valence-corrected chi connectivity index (χ1v) is 12.4. The molecule has 1 aliphatic rings. The van der Waals surface area contributed by atoms with Gasteiger partial charge in [0.2, 0.25) is 5.90 Å². The number of hydrogen-bond acceptors (Lipinski definition) is 4. The number of ether oxygens (including phenoxy) is 1. The van der Waals surface area contributed by atoms with Gasteiger partial charge in [-0.1, -0.05) is 66.7 Å². The number of likely N-dealkylation sites (N-methyl/N-ethyl adjacent to an activating group) is 1. The molecule has 197 valence electrons. The maximum Gasteiger partial charge on any atom is 0.211 e. The molecule has 3 N–H and O–H groups in total. The normalized spacial score (nSPS) is 16.7. The molecule has 38 heavy (non-hydrogen) atoms. The van der Waals surface area contributed by atoms with Crippen LogP contribution in [-0.4, -0.2) is 30.9 Å². The maximum atomic E-state index is 9.11. The molecule has 4 aromatic rings. The summed E-state index contributed by atoms with van der Waals surface area (Å²) in [6, 6.07) is 30.1. The fourth-order valence-corrected chi connectivity index (χ4v) is 5.20. The molecule has 0 spiro atoms. The van der Waals surface area contributed by atoms with Gasteiger partial charge in [0.1, 0.15) is 5.75 Å². The van der Waals surface area contributed by atoms with Gasteiger partial charge in [0.25, 0.3) is 0 Å². The van der Waals surface area contributed by atoms with Crippen molar-refractivity contribution in [1.82, 2.24) is 0 Å². The molecular weight excluding hydrogens is 517 g/mol. The summed E-state index contributed by atoms with van der Waals surface area (Å²) in [5, 5.41) is 25.9. The van der Waals surface area contributed by atoms with Crippen LogP contribution >= 0.6 is 0 Å². The summed E-state index contributed by atoms with van der Waals surface area (Å²) in [6.07, 6.45) is 4.22. The molecule has 1 heterocycles. The summed E-state index contributed by atoms with van der Waals surface area (Å²) < 4.78 is 5.46. The third-order valence-electron chi connectivity index (χ3n) is 6.95. The monoisotopic (exact) mass is 550 g/mol. The summed E-state index contributed by atoms with van der Waals surface area (Å²) in [5.74, 6) is 0.497. The van der Waals surface area contributed by atoms with Crippen molar-refractivity contribution in [3.63, 3.8) is 0 Å². The number of benzene rings is 4. The Morgan fingerprint density at radius 1 is 0.974 bits per heavy atom. The number of nitrogens with zero attached hydrogens (tertiary/aromatic N) is 1. The Morgan fingerprint density at radius 2 is 1.66 bits per heavy atom. The van der Waals surface area contributed by atoms with Crippen LogP contribution in [0.4, 0.5) is 5.69 Å².